The number of hydrogen-bond donors (Lipinski definition) is 2. The van der Waals surface area contributed by atoms with Gasteiger partial charge in [0.1, 0.15) is 17.1 Å². The summed E-state index contributed by atoms with van der Waals surface area (Å²) in [4.78, 5) is 27.4. The summed E-state index contributed by atoms with van der Waals surface area (Å²) in [5.74, 6) is 1.60. The van der Waals surface area contributed by atoms with Gasteiger partial charge in [0.25, 0.3) is 0 Å². The highest BCUT2D eigenvalue weighted by atomic mass is 16.6. The summed E-state index contributed by atoms with van der Waals surface area (Å²) in [5.41, 5.74) is 1.42. The summed E-state index contributed by atoms with van der Waals surface area (Å²) in [6.45, 7) is 8.20. The normalized spacial score (nSPS) is 15.5. The number of likely N-dealkylation sites (tertiary alicyclic amines) is 1. The first-order chi connectivity index (χ1) is 17.6. The van der Waals surface area contributed by atoms with E-state index in [0.717, 1.165) is 61.5 Å². The van der Waals surface area contributed by atoms with Gasteiger partial charge in [-0.2, -0.15) is 0 Å². The number of nitrogens with one attached hydrogen (secondary N) is 2. The molecular formula is C29H41N3O5. The van der Waals surface area contributed by atoms with Gasteiger partial charge in [-0.05, 0) is 75.4 Å². The number of benzene rings is 2. The molecule has 0 radical (unpaired) electrons. The van der Waals surface area contributed by atoms with Gasteiger partial charge in [0.15, 0.2) is 0 Å². The molecule has 2 N–H and O–H groups in total. The van der Waals surface area contributed by atoms with E-state index in [1.165, 1.54) is 0 Å². The van der Waals surface area contributed by atoms with Crippen LogP contribution in [0, 0.1) is 0 Å². The molecule has 2 aromatic carbocycles. The first kappa shape index (κ1) is 28.3. The zero-order chi connectivity index (χ0) is 26.8. The number of rotatable bonds is 10. The fourth-order valence-corrected chi connectivity index (χ4v) is 4.43. The topological polar surface area (TPSA) is 89.1 Å². The minimum absolute atomic E-state index is 0.0461. The van der Waals surface area contributed by atoms with Gasteiger partial charge >= 0.3 is 6.09 Å². The minimum Gasteiger partial charge on any atom is -0.497 e. The second kappa shape index (κ2) is 13.3. The number of carbonyl (C=O) groups is 2. The van der Waals surface area contributed by atoms with E-state index in [4.69, 9.17) is 14.2 Å². The molecule has 2 amide bonds. The van der Waals surface area contributed by atoms with Crippen LogP contribution in [0.4, 0.5) is 4.79 Å². The summed E-state index contributed by atoms with van der Waals surface area (Å²) >= 11 is 0. The Morgan fingerprint density at radius 3 is 2.05 bits per heavy atom. The molecule has 1 fully saturated rings. The lowest BCUT2D eigenvalue weighted by Crippen LogP contribution is -2.45. The molecule has 0 bridgehead atoms. The fraction of sp³-hybridized carbons (Fsp3) is 0.517. The van der Waals surface area contributed by atoms with E-state index in [1.54, 1.807) is 14.2 Å². The summed E-state index contributed by atoms with van der Waals surface area (Å²) < 4.78 is 15.9. The first-order valence-corrected chi connectivity index (χ1v) is 12.9. The molecular weight excluding hydrogens is 470 g/mol. The molecule has 37 heavy (non-hydrogen) atoms. The van der Waals surface area contributed by atoms with Crippen LogP contribution in [0.15, 0.2) is 48.5 Å². The Bertz CT molecular complexity index is 994. The maximum absolute atomic E-state index is 12.5. The van der Waals surface area contributed by atoms with Gasteiger partial charge in [0.05, 0.1) is 26.7 Å². The number of hydrogen-bond acceptors (Lipinski definition) is 6. The van der Waals surface area contributed by atoms with Crippen LogP contribution in [0.2, 0.25) is 0 Å². The van der Waals surface area contributed by atoms with Crippen LogP contribution in [0.3, 0.4) is 0 Å². The molecule has 1 aliphatic rings. The molecule has 3 rings (SSSR count). The molecule has 8 heteroatoms. The summed E-state index contributed by atoms with van der Waals surface area (Å²) in [6.07, 6.45) is 2.50. The predicted molar refractivity (Wildman–Crippen MR) is 144 cm³/mol. The van der Waals surface area contributed by atoms with Crippen LogP contribution < -0.4 is 20.1 Å². The maximum atomic E-state index is 12.5. The van der Waals surface area contributed by atoms with E-state index in [2.05, 4.69) is 15.5 Å². The molecule has 1 unspecified atom stereocenters. The van der Waals surface area contributed by atoms with Crippen molar-refractivity contribution in [2.75, 3.05) is 33.9 Å². The molecule has 2 aromatic rings. The number of piperidine rings is 1. The third-order valence-corrected chi connectivity index (χ3v) is 6.42. The Labute approximate surface area is 220 Å². The van der Waals surface area contributed by atoms with Crippen LogP contribution in [-0.4, -0.2) is 62.4 Å². The third-order valence-electron chi connectivity index (χ3n) is 6.42. The average Bonchev–Trinajstić information content (AvgIpc) is 2.87. The van der Waals surface area contributed by atoms with Crippen LogP contribution in [0.1, 0.15) is 57.2 Å². The molecule has 1 saturated heterocycles. The van der Waals surface area contributed by atoms with E-state index in [-0.39, 0.29) is 18.0 Å². The number of amides is 2. The van der Waals surface area contributed by atoms with Gasteiger partial charge in [-0.25, -0.2) is 4.79 Å². The Morgan fingerprint density at radius 1 is 0.946 bits per heavy atom. The second-order valence-electron chi connectivity index (χ2n) is 10.5. The van der Waals surface area contributed by atoms with Crippen molar-refractivity contribution in [1.82, 2.24) is 15.5 Å². The fourth-order valence-electron chi connectivity index (χ4n) is 4.43. The zero-order valence-electron chi connectivity index (χ0n) is 22.7. The van der Waals surface area contributed by atoms with E-state index in [9.17, 15) is 9.59 Å². The lowest BCUT2D eigenvalue weighted by molar-refractivity contribution is -0.121. The molecule has 1 atom stereocenters. The van der Waals surface area contributed by atoms with Crippen molar-refractivity contribution >= 4 is 12.0 Å². The van der Waals surface area contributed by atoms with Crippen molar-refractivity contribution in [3.05, 3.63) is 59.7 Å². The van der Waals surface area contributed by atoms with E-state index in [0.29, 0.717) is 6.42 Å². The molecule has 1 heterocycles. The smallest absolute Gasteiger partial charge is 0.408 e. The van der Waals surface area contributed by atoms with Crippen molar-refractivity contribution in [2.45, 2.75) is 64.1 Å². The highest BCUT2D eigenvalue weighted by Crippen LogP contribution is 2.23. The van der Waals surface area contributed by atoms with Gasteiger partial charge in [0.2, 0.25) is 5.91 Å². The number of carbonyl (C=O) groups excluding carboxylic acids is 2. The standard InChI is InChI=1S/C29H41N3O5/c1-29(2,3)37-28(34)31-26(22-8-12-25(36-5)13-9-22)16-19-32-17-14-23(15-18-32)30-27(33)20-21-6-10-24(35-4)11-7-21/h6-13,23,26H,14-20H2,1-5H3,(H,30,33)(H,31,34). The van der Waals surface area contributed by atoms with Crippen molar-refractivity contribution in [1.29, 1.82) is 0 Å². The highest BCUT2D eigenvalue weighted by molar-refractivity contribution is 5.78. The number of methoxy groups -OCH3 is 2. The Morgan fingerprint density at radius 2 is 1.51 bits per heavy atom. The van der Waals surface area contributed by atoms with Gasteiger partial charge in [-0.1, -0.05) is 24.3 Å². The Balaban J connectivity index is 1.48. The van der Waals surface area contributed by atoms with Gasteiger partial charge in [0, 0.05) is 25.7 Å². The lowest BCUT2D eigenvalue weighted by atomic mass is 10.0. The molecule has 202 valence electrons. The van der Waals surface area contributed by atoms with Crippen molar-refractivity contribution in [3.8, 4) is 11.5 Å². The number of alkyl carbamates (subject to hydrolysis) is 1. The van der Waals surface area contributed by atoms with E-state index in [1.807, 2.05) is 69.3 Å². The minimum atomic E-state index is -0.561. The molecule has 8 nitrogen and oxygen atoms in total. The Hall–Kier alpha value is -3.26. The van der Waals surface area contributed by atoms with Crippen molar-refractivity contribution in [2.24, 2.45) is 0 Å². The van der Waals surface area contributed by atoms with E-state index < -0.39 is 11.7 Å². The molecule has 0 saturated carbocycles. The molecule has 0 spiro atoms. The average molecular weight is 512 g/mol. The number of ether oxygens (including phenoxy) is 3. The largest absolute Gasteiger partial charge is 0.497 e. The summed E-state index contributed by atoms with van der Waals surface area (Å²) in [6, 6.07) is 15.4. The Kier molecular flexibility index (Phi) is 10.2. The van der Waals surface area contributed by atoms with Crippen LogP contribution in [0.5, 0.6) is 11.5 Å². The summed E-state index contributed by atoms with van der Waals surface area (Å²) in [5, 5.41) is 6.22. The van der Waals surface area contributed by atoms with Gasteiger partial charge in [-0.15, -0.1) is 0 Å². The van der Waals surface area contributed by atoms with Crippen LogP contribution in [-0.2, 0) is 16.0 Å². The zero-order valence-corrected chi connectivity index (χ0v) is 22.7. The lowest BCUT2D eigenvalue weighted by Gasteiger charge is -2.33. The van der Waals surface area contributed by atoms with Crippen LogP contribution >= 0.6 is 0 Å². The molecule has 0 aliphatic carbocycles. The third kappa shape index (κ3) is 9.61. The van der Waals surface area contributed by atoms with Crippen molar-refractivity contribution < 1.29 is 23.8 Å². The highest BCUT2D eigenvalue weighted by Gasteiger charge is 2.24. The predicted octanol–water partition coefficient (Wildman–Crippen LogP) is 4.48. The summed E-state index contributed by atoms with van der Waals surface area (Å²) in [7, 11) is 3.27. The monoisotopic (exact) mass is 511 g/mol. The van der Waals surface area contributed by atoms with Crippen molar-refractivity contribution in [3.63, 3.8) is 0 Å². The van der Waals surface area contributed by atoms with Crippen LogP contribution in [0.25, 0.3) is 0 Å². The van der Waals surface area contributed by atoms with E-state index >= 15 is 0 Å². The number of nitrogens with zero attached hydrogens (tertiary/aromatic N) is 1. The quantitative estimate of drug-likeness (QED) is 0.489. The van der Waals surface area contributed by atoms with Gasteiger partial charge in [-0.3, -0.25) is 4.79 Å². The SMILES string of the molecule is COc1ccc(CC(=O)NC2CCN(CCC(NC(=O)OC(C)(C)C)c3ccc(OC)cc3)CC2)cc1. The molecule has 0 aromatic heterocycles. The first-order valence-electron chi connectivity index (χ1n) is 12.9. The second-order valence-corrected chi connectivity index (χ2v) is 10.5. The molecule has 1 aliphatic heterocycles. The van der Waals surface area contributed by atoms with Gasteiger partial charge < -0.3 is 29.7 Å². The maximum Gasteiger partial charge on any atom is 0.408 e.